The molecule has 1 aromatic rings. The fourth-order valence-corrected chi connectivity index (χ4v) is 3.49. The number of ether oxygens (including phenoxy) is 1. The van der Waals surface area contributed by atoms with Gasteiger partial charge in [-0.3, -0.25) is 14.5 Å². The number of nitrogens with zero attached hydrogens (tertiary/aromatic N) is 1. The molecule has 2 atom stereocenters. The SMILES string of the molecule is CCOC(=O)[C@@H]1CCCN(CC(=O)N[C@H](C)c2cccs2)C1. The molecule has 22 heavy (non-hydrogen) atoms. The Morgan fingerprint density at radius 3 is 3.05 bits per heavy atom. The molecule has 0 radical (unpaired) electrons. The summed E-state index contributed by atoms with van der Waals surface area (Å²) in [6.07, 6.45) is 1.78. The molecule has 122 valence electrons. The fraction of sp³-hybridized carbons (Fsp3) is 0.625. The van der Waals surface area contributed by atoms with Crippen LogP contribution in [-0.4, -0.2) is 43.0 Å². The Hall–Kier alpha value is -1.40. The molecule has 2 heterocycles. The van der Waals surface area contributed by atoms with Crippen molar-refractivity contribution in [1.29, 1.82) is 0 Å². The first-order valence-corrected chi connectivity index (χ1v) is 8.70. The minimum absolute atomic E-state index is 0.00501. The third kappa shape index (κ3) is 4.81. The monoisotopic (exact) mass is 324 g/mol. The third-order valence-electron chi connectivity index (χ3n) is 3.84. The lowest BCUT2D eigenvalue weighted by molar-refractivity contribution is -0.150. The largest absolute Gasteiger partial charge is 0.466 e. The van der Waals surface area contributed by atoms with Gasteiger partial charge in [-0.25, -0.2) is 0 Å². The summed E-state index contributed by atoms with van der Waals surface area (Å²) in [7, 11) is 0. The molecule has 1 fully saturated rings. The Balaban J connectivity index is 1.79. The smallest absolute Gasteiger partial charge is 0.310 e. The quantitative estimate of drug-likeness (QED) is 0.815. The third-order valence-corrected chi connectivity index (χ3v) is 4.90. The van der Waals surface area contributed by atoms with Gasteiger partial charge < -0.3 is 10.1 Å². The van der Waals surface area contributed by atoms with Gasteiger partial charge in [-0.2, -0.15) is 0 Å². The Morgan fingerprint density at radius 2 is 2.36 bits per heavy atom. The van der Waals surface area contributed by atoms with Gasteiger partial charge in [-0.15, -0.1) is 11.3 Å². The minimum Gasteiger partial charge on any atom is -0.466 e. The van der Waals surface area contributed by atoms with E-state index in [1.807, 2.05) is 36.3 Å². The maximum atomic E-state index is 12.2. The minimum atomic E-state index is -0.139. The summed E-state index contributed by atoms with van der Waals surface area (Å²) in [4.78, 5) is 27.2. The number of hydrogen-bond donors (Lipinski definition) is 1. The average Bonchev–Trinajstić information content (AvgIpc) is 3.02. The second-order valence-electron chi connectivity index (χ2n) is 5.63. The van der Waals surface area contributed by atoms with Gasteiger partial charge in [0, 0.05) is 11.4 Å². The lowest BCUT2D eigenvalue weighted by Gasteiger charge is -2.31. The number of carbonyl (C=O) groups excluding carboxylic acids is 2. The van der Waals surface area contributed by atoms with Crippen molar-refractivity contribution >= 4 is 23.2 Å². The van der Waals surface area contributed by atoms with E-state index < -0.39 is 0 Å². The highest BCUT2D eigenvalue weighted by molar-refractivity contribution is 7.10. The topological polar surface area (TPSA) is 58.6 Å². The van der Waals surface area contributed by atoms with E-state index in [4.69, 9.17) is 4.74 Å². The van der Waals surface area contributed by atoms with Crippen LogP contribution >= 0.6 is 11.3 Å². The molecule has 1 saturated heterocycles. The Labute approximate surface area is 135 Å². The van der Waals surface area contributed by atoms with Crippen molar-refractivity contribution in [3.63, 3.8) is 0 Å². The van der Waals surface area contributed by atoms with Gasteiger partial charge in [0.2, 0.25) is 5.91 Å². The predicted molar refractivity (Wildman–Crippen MR) is 86.7 cm³/mol. The van der Waals surface area contributed by atoms with Gasteiger partial charge in [0.05, 0.1) is 25.1 Å². The molecule has 1 aliphatic rings. The van der Waals surface area contributed by atoms with Crippen LogP contribution in [0.3, 0.4) is 0 Å². The van der Waals surface area contributed by atoms with Crippen LogP contribution in [0.1, 0.15) is 37.6 Å². The summed E-state index contributed by atoms with van der Waals surface area (Å²) >= 11 is 1.64. The first kappa shape index (κ1) is 17.0. The average molecular weight is 324 g/mol. The van der Waals surface area contributed by atoms with Crippen molar-refractivity contribution in [2.75, 3.05) is 26.2 Å². The van der Waals surface area contributed by atoms with E-state index in [-0.39, 0.29) is 23.8 Å². The molecule has 0 bridgehead atoms. The zero-order chi connectivity index (χ0) is 15.9. The normalized spacial score (nSPS) is 20.4. The van der Waals surface area contributed by atoms with Gasteiger partial charge >= 0.3 is 5.97 Å². The number of carbonyl (C=O) groups is 2. The van der Waals surface area contributed by atoms with Crippen LogP contribution in [0, 0.1) is 5.92 Å². The summed E-state index contributed by atoms with van der Waals surface area (Å²) in [6.45, 7) is 6.02. The molecule has 0 aliphatic carbocycles. The highest BCUT2D eigenvalue weighted by atomic mass is 32.1. The number of likely N-dealkylation sites (tertiary alicyclic amines) is 1. The van der Waals surface area contributed by atoms with Gasteiger partial charge in [0.25, 0.3) is 0 Å². The zero-order valence-corrected chi connectivity index (χ0v) is 14.0. The van der Waals surface area contributed by atoms with Crippen molar-refractivity contribution in [3.8, 4) is 0 Å². The van der Waals surface area contributed by atoms with Crippen LogP contribution in [0.15, 0.2) is 17.5 Å². The first-order valence-electron chi connectivity index (χ1n) is 7.82. The number of esters is 1. The van der Waals surface area contributed by atoms with Gasteiger partial charge in [0.15, 0.2) is 0 Å². The lowest BCUT2D eigenvalue weighted by atomic mass is 9.98. The molecule has 1 N–H and O–H groups in total. The Bertz CT molecular complexity index is 490. The number of thiophene rings is 1. The molecule has 1 aromatic heterocycles. The van der Waals surface area contributed by atoms with E-state index in [0.717, 1.165) is 24.3 Å². The number of piperidine rings is 1. The summed E-state index contributed by atoms with van der Waals surface area (Å²) < 4.78 is 5.08. The Kier molecular flexibility index (Phi) is 6.39. The van der Waals surface area contributed by atoms with Crippen molar-refractivity contribution in [3.05, 3.63) is 22.4 Å². The lowest BCUT2D eigenvalue weighted by Crippen LogP contribution is -2.44. The van der Waals surface area contributed by atoms with Crippen LogP contribution in [-0.2, 0) is 14.3 Å². The summed E-state index contributed by atoms with van der Waals surface area (Å²) in [5.41, 5.74) is 0. The number of nitrogens with one attached hydrogen (secondary N) is 1. The maximum absolute atomic E-state index is 12.2. The molecule has 0 saturated carbocycles. The summed E-state index contributed by atoms with van der Waals surface area (Å²) in [6, 6.07) is 4.03. The molecule has 1 amide bonds. The van der Waals surface area contributed by atoms with Crippen LogP contribution in [0.5, 0.6) is 0 Å². The Morgan fingerprint density at radius 1 is 1.55 bits per heavy atom. The summed E-state index contributed by atoms with van der Waals surface area (Å²) in [5.74, 6) is -0.235. The van der Waals surface area contributed by atoms with Gasteiger partial charge in [0.1, 0.15) is 0 Å². The fourth-order valence-electron chi connectivity index (χ4n) is 2.75. The zero-order valence-electron chi connectivity index (χ0n) is 13.2. The standard InChI is InChI=1S/C16H24N2O3S/c1-3-21-16(20)13-6-4-8-18(10-13)11-15(19)17-12(2)14-7-5-9-22-14/h5,7,9,12-13H,3-4,6,8,10-11H2,1-2H3,(H,17,19)/t12-,13-/m1/s1. The van der Waals surface area contributed by atoms with Crippen LogP contribution < -0.4 is 5.32 Å². The first-order chi connectivity index (χ1) is 10.6. The highest BCUT2D eigenvalue weighted by Crippen LogP contribution is 2.19. The molecule has 0 spiro atoms. The molecule has 0 unspecified atom stereocenters. The van der Waals surface area contributed by atoms with E-state index in [1.165, 1.54) is 0 Å². The van der Waals surface area contributed by atoms with Gasteiger partial charge in [-0.1, -0.05) is 6.07 Å². The predicted octanol–water partition coefficient (Wildman–Crippen LogP) is 2.20. The van der Waals surface area contributed by atoms with Crippen LogP contribution in [0.4, 0.5) is 0 Å². The molecule has 1 aliphatic heterocycles. The number of hydrogen-bond acceptors (Lipinski definition) is 5. The molecular formula is C16H24N2O3S. The second kappa shape index (κ2) is 8.29. The van der Waals surface area contributed by atoms with Crippen LogP contribution in [0.25, 0.3) is 0 Å². The van der Waals surface area contributed by atoms with Gasteiger partial charge in [-0.05, 0) is 44.7 Å². The van der Waals surface area contributed by atoms with E-state index in [9.17, 15) is 9.59 Å². The van der Waals surface area contributed by atoms with Crippen LogP contribution in [0.2, 0.25) is 0 Å². The number of rotatable bonds is 6. The van der Waals surface area contributed by atoms with E-state index in [0.29, 0.717) is 19.7 Å². The molecule has 6 heteroatoms. The van der Waals surface area contributed by atoms with Crippen molar-refractivity contribution < 1.29 is 14.3 Å². The maximum Gasteiger partial charge on any atom is 0.310 e. The molecule has 5 nitrogen and oxygen atoms in total. The summed E-state index contributed by atoms with van der Waals surface area (Å²) in [5, 5.41) is 5.02. The van der Waals surface area contributed by atoms with E-state index in [1.54, 1.807) is 11.3 Å². The van der Waals surface area contributed by atoms with Crippen molar-refractivity contribution in [2.24, 2.45) is 5.92 Å². The molecule has 2 rings (SSSR count). The highest BCUT2D eigenvalue weighted by Gasteiger charge is 2.27. The van der Waals surface area contributed by atoms with Crippen molar-refractivity contribution in [2.45, 2.75) is 32.7 Å². The molecular weight excluding hydrogens is 300 g/mol. The van der Waals surface area contributed by atoms with E-state index >= 15 is 0 Å². The van der Waals surface area contributed by atoms with E-state index in [2.05, 4.69) is 5.32 Å². The second-order valence-corrected chi connectivity index (χ2v) is 6.61. The van der Waals surface area contributed by atoms with Crippen molar-refractivity contribution in [1.82, 2.24) is 10.2 Å². The molecule has 0 aromatic carbocycles. The number of amides is 1.